The largest absolute Gasteiger partial charge is 0.385 e. The van der Waals surface area contributed by atoms with Gasteiger partial charge in [-0.05, 0) is 24.6 Å². The second-order valence-corrected chi connectivity index (χ2v) is 4.86. The number of ether oxygens (including phenoxy) is 1. The molecule has 0 fully saturated rings. The second kappa shape index (κ2) is 7.51. The van der Waals surface area contributed by atoms with Crippen molar-refractivity contribution in [1.82, 2.24) is 15.1 Å². The van der Waals surface area contributed by atoms with E-state index in [0.717, 1.165) is 12.0 Å². The summed E-state index contributed by atoms with van der Waals surface area (Å²) >= 11 is 0. The summed E-state index contributed by atoms with van der Waals surface area (Å²) in [5.41, 5.74) is 1.97. The predicted molar refractivity (Wildman–Crippen MR) is 83.7 cm³/mol. The van der Waals surface area contributed by atoms with Gasteiger partial charge in [-0.1, -0.05) is 12.1 Å². The molecule has 1 aromatic carbocycles. The van der Waals surface area contributed by atoms with Gasteiger partial charge in [0.2, 0.25) is 0 Å². The molecule has 0 atom stereocenters. The number of nitrogens with zero attached hydrogens (tertiary/aromatic N) is 2. The lowest BCUT2D eigenvalue weighted by atomic mass is 10.1. The van der Waals surface area contributed by atoms with E-state index in [2.05, 4.69) is 10.4 Å². The monoisotopic (exact) mass is 301 g/mol. The number of rotatable bonds is 6. The third-order valence-electron chi connectivity index (χ3n) is 3.21. The van der Waals surface area contributed by atoms with Crippen LogP contribution in [0, 0.1) is 0 Å². The predicted octanol–water partition coefficient (Wildman–Crippen LogP) is 1.21. The first kappa shape index (κ1) is 15.9. The van der Waals surface area contributed by atoms with Crippen molar-refractivity contribution >= 4 is 5.91 Å². The smallest absolute Gasteiger partial charge is 0.266 e. The van der Waals surface area contributed by atoms with Gasteiger partial charge in [-0.2, -0.15) is 5.10 Å². The van der Waals surface area contributed by atoms with Crippen molar-refractivity contribution in [1.29, 1.82) is 0 Å². The minimum atomic E-state index is -0.157. The molecule has 0 saturated carbocycles. The second-order valence-electron chi connectivity index (χ2n) is 4.86. The Balaban J connectivity index is 2.05. The maximum absolute atomic E-state index is 11.9. The third-order valence-corrected chi connectivity index (χ3v) is 3.21. The first-order valence-corrected chi connectivity index (χ1v) is 7.04. The maximum Gasteiger partial charge on any atom is 0.266 e. The van der Waals surface area contributed by atoms with Crippen molar-refractivity contribution < 1.29 is 9.53 Å². The van der Waals surface area contributed by atoms with Crippen molar-refractivity contribution in [3.05, 3.63) is 52.3 Å². The summed E-state index contributed by atoms with van der Waals surface area (Å²) in [6.45, 7) is 1.20. The average molecular weight is 301 g/mol. The van der Waals surface area contributed by atoms with Crippen LogP contribution in [0.1, 0.15) is 16.8 Å². The highest BCUT2D eigenvalue weighted by atomic mass is 16.5. The van der Waals surface area contributed by atoms with E-state index in [-0.39, 0.29) is 11.5 Å². The van der Waals surface area contributed by atoms with Crippen molar-refractivity contribution in [3.63, 3.8) is 0 Å². The van der Waals surface area contributed by atoms with Crippen LogP contribution in [0.4, 0.5) is 0 Å². The van der Waals surface area contributed by atoms with Gasteiger partial charge in [-0.15, -0.1) is 0 Å². The molecule has 0 unspecified atom stereocenters. The fourth-order valence-corrected chi connectivity index (χ4v) is 1.97. The third kappa shape index (κ3) is 4.02. The van der Waals surface area contributed by atoms with Crippen molar-refractivity contribution in [2.24, 2.45) is 7.05 Å². The average Bonchev–Trinajstić information content (AvgIpc) is 2.54. The summed E-state index contributed by atoms with van der Waals surface area (Å²) in [6.07, 6.45) is 0.780. The zero-order chi connectivity index (χ0) is 15.9. The van der Waals surface area contributed by atoms with Crippen molar-refractivity contribution in [2.45, 2.75) is 6.42 Å². The lowest BCUT2D eigenvalue weighted by molar-refractivity contribution is 0.0948. The normalized spacial score (nSPS) is 10.5. The number of aryl methyl sites for hydroxylation is 1. The van der Waals surface area contributed by atoms with Crippen molar-refractivity contribution in [3.8, 4) is 11.3 Å². The zero-order valence-corrected chi connectivity index (χ0v) is 12.7. The molecule has 0 aliphatic carbocycles. The van der Waals surface area contributed by atoms with Gasteiger partial charge in [0.25, 0.3) is 11.5 Å². The van der Waals surface area contributed by atoms with Gasteiger partial charge in [-0.25, -0.2) is 4.68 Å². The summed E-state index contributed by atoms with van der Waals surface area (Å²) in [7, 11) is 3.24. The molecular weight excluding hydrogens is 282 g/mol. The van der Waals surface area contributed by atoms with Crippen LogP contribution in [0.5, 0.6) is 0 Å². The first-order chi connectivity index (χ1) is 10.6. The minimum Gasteiger partial charge on any atom is -0.385 e. The molecule has 1 aromatic heterocycles. The van der Waals surface area contributed by atoms with Crippen LogP contribution in [-0.2, 0) is 11.8 Å². The molecule has 116 valence electrons. The van der Waals surface area contributed by atoms with Crippen LogP contribution in [0.15, 0.2) is 41.2 Å². The Kier molecular flexibility index (Phi) is 5.43. The molecule has 0 aliphatic rings. The lowest BCUT2D eigenvalue weighted by Gasteiger charge is -2.06. The molecule has 0 saturated heterocycles. The number of carbonyl (C=O) groups excluding carboxylic acids is 1. The Morgan fingerprint density at radius 3 is 2.59 bits per heavy atom. The highest BCUT2D eigenvalue weighted by Crippen LogP contribution is 2.16. The molecule has 0 aliphatic heterocycles. The Morgan fingerprint density at radius 1 is 1.23 bits per heavy atom. The standard InChI is InChI=1S/C16H19N3O3/c1-19-15(20)9-8-14(18-19)12-4-6-13(7-5-12)16(21)17-10-3-11-22-2/h4-9H,3,10-11H2,1-2H3,(H,17,21). The van der Waals surface area contributed by atoms with E-state index < -0.39 is 0 Å². The van der Waals surface area contributed by atoms with Gasteiger partial charge in [0.1, 0.15) is 0 Å². The van der Waals surface area contributed by atoms with Crippen LogP contribution in [0.2, 0.25) is 0 Å². The van der Waals surface area contributed by atoms with Gasteiger partial charge < -0.3 is 10.1 Å². The fourth-order valence-electron chi connectivity index (χ4n) is 1.97. The SMILES string of the molecule is COCCCNC(=O)c1ccc(-c2ccc(=O)n(C)n2)cc1. The van der Waals surface area contributed by atoms with E-state index in [1.807, 2.05) is 12.1 Å². The first-order valence-electron chi connectivity index (χ1n) is 7.04. The number of methoxy groups -OCH3 is 1. The van der Waals surface area contributed by atoms with E-state index >= 15 is 0 Å². The zero-order valence-electron chi connectivity index (χ0n) is 12.7. The van der Waals surface area contributed by atoms with E-state index in [1.54, 1.807) is 32.4 Å². The molecule has 1 N–H and O–H groups in total. The summed E-state index contributed by atoms with van der Waals surface area (Å²) < 4.78 is 6.21. The van der Waals surface area contributed by atoms with Crippen LogP contribution < -0.4 is 10.9 Å². The van der Waals surface area contributed by atoms with Crippen LogP contribution in [-0.4, -0.2) is 35.9 Å². The molecule has 2 aromatic rings. The van der Waals surface area contributed by atoms with Crippen LogP contribution in [0.25, 0.3) is 11.3 Å². The number of hydrogen-bond donors (Lipinski definition) is 1. The Labute approximate surface area is 128 Å². The molecule has 2 rings (SSSR count). The number of hydrogen-bond acceptors (Lipinski definition) is 4. The maximum atomic E-state index is 11.9. The highest BCUT2D eigenvalue weighted by molar-refractivity contribution is 5.94. The number of nitrogens with one attached hydrogen (secondary N) is 1. The number of benzene rings is 1. The molecular formula is C16H19N3O3. The lowest BCUT2D eigenvalue weighted by Crippen LogP contribution is -2.25. The van der Waals surface area contributed by atoms with E-state index in [9.17, 15) is 9.59 Å². The number of carbonyl (C=O) groups is 1. The summed E-state index contributed by atoms with van der Waals surface area (Å²) in [5.74, 6) is -0.115. The van der Waals surface area contributed by atoms with Gasteiger partial charge in [0, 0.05) is 44.5 Å². The molecule has 1 heterocycles. The Hall–Kier alpha value is -2.47. The Bertz CT molecular complexity index is 693. The molecule has 1 amide bonds. The minimum absolute atomic E-state index is 0.115. The topological polar surface area (TPSA) is 73.2 Å². The quantitative estimate of drug-likeness (QED) is 0.814. The molecule has 0 spiro atoms. The van der Waals surface area contributed by atoms with E-state index in [1.165, 1.54) is 10.7 Å². The summed E-state index contributed by atoms with van der Waals surface area (Å²) in [4.78, 5) is 23.3. The Morgan fingerprint density at radius 2 is 1.95 bits per heavy atom. The summed E-state index contributed by atoms with van der Waals surface area (Å²) in [5, 5.41) is 7.01. The van der Waals surface area contributed by atoms with Gasteiger partial charge in [0.05, 0.1) is 5.69 Å². The van der Waals surface area contributed by atoms with Crippen molar-refractivity contribution in [2.75, 3.05) is 20.3 Å². The summed E-state index contributed by atoms with van der Waals surface area (Å²) in [6, 6.07) is 10.3. The van der Waals surface area contributed by atoms with Gasteiger partial charge >= 0.3 is 0 Å². The fraction of sp³-hybridized carbons (Fsp3) is 0.312. The molecule has 22 heavy (non-hydrogen) atoms. The molecule has 0 radical (unpaired) electrons. The highest BCUT2D eigenvalue weighted by Gasteiger charge is 2.06. The van der Waals surface area contributed by atoms with Gasteiger partial charge in [0.15, 0.2) is 0 Å². The van der Waals surface area contributed by atoms with E-state index in [0.29, 0.717) is 24.4 Å². The van der Waals surface area contributed by atoms with Crippen LogP contribution in [0.3, 0.4) is 0 Å². The molecule has 6 heteroatoms. The number of amides is 1. The number of aromatic nitrogens is 2. The van der Waals surface area contributed by atoms with E-state index in [4.69, 9.17) is 4.74 Å². The molecule has 6 nitrogen and oxygen atoms in total. The molecule has 0 bridgehead atoms. The van der Waals surface area contributed by atoms with Crippen LogP contribution >= 0.6 is 0 Å². The van der Waals surface area contributed by atoms with Gasteiger partial charge in [-0.3, -0.25) is 9.59 Å².